The van der Waals surface area contributed by atoms with E-state index in [4.69, 9.17) is 11.6 Å². The third kappa shape index (κ3) is 2.47. The van der Waals surface area contributed by atoms with Gasteiger partial charge in [0.05, 0.1) is 0 Å². The van der Waals surface area contributed by atoms with Crippen molar-refractivity contribution in [3.63, 3.8) is 0 Å². The number of halogens is 2. The largest absolute Gasteiger partial charge is 0.332 e. The van der Waals surface area contributed by atoms with Crippen molar-refractivity contribution >= 4 is 49.7 Å². The molecule has 2 rings (SSSR count). The third-order valence-electron chi connectivity index (χ3n) is 1.57. The molecule has 0 radical (unpaired) electrons. The number of thiazole rings is 1. The molecule has 0 spiro atoms. The predicted molar refractivity (Wildman–Crippen MR) is 64.5 cm³/mol. The van der Waals surface area contributed by atoms with Crippen molar-refractivity contribution in [2.24, 2.45) is 0 Å². The van der Waals surface area contributed by atoms with E-state index in [1.54, 1.807) is 5.38 Å². The first-order valence-corrected chi connectivity index (χ1v) is 5.93. The Morgan fingerprint density at radius 2 is 2.00 bits per heavy atom. The van der Waals surface area contributed by atoms with Gasteiger partial charge in [0, 0.05) is 15.5 Å². The Hall–Kier alpha value is -0.580. The average Bonchev–Trinajstić information content (AvgIpc) is 2.56. The van der Waals surface area contributed by atoms with Crippen LogP contribution in [0.15, 0.2) is 34.1 Å². The highest BCUT2D eigenvalue weighted by molar-refractivity contribution is 9.10. The first kappa shape index (κ1) is 9.96. The maximum Gasteiger partial charge on any atom is 0.188 e. The molecule has 14 heavy (non-hydrogen) atoms. The standard InChI is InChI=1S/C9H6BrClN2S/c10-6-1-3-7(4-2-6)12-9-13-8(11)5-14-9/h1-5H,(H,12,13). The Balaban J connectivity index is 2.15. The number of anilines is 2. The fraction of sp³-hybridized carbons (Fsp3) is 0. The lowest BCUT2D eigenvalue weighted by atomic mass is 10.3. The molecule has 0 atom stereocenters. The summed E-state index contributed by atoms with van der Waals surface area (Å²) in [7, 11) is 0. The number of rotatable bonds is 2. The number of aromatic nitrogens is 1. The maximum atomic E-state index is 5.70. The van der Waals surface area contributed by atoms with E-state index in [0.717, 1.165) is 15.3 Å². The zero-order chi connectivity index (χ0) is 9.97. The number of hydrogen-bond acceptors (Lipinski definition) is 3. The third-order valence-corrected chi connectivity index (χ3v) is 3.18. The van der Waals surface area contributed by atoms with Crippen LogP contribution in [0.4, 0.5) is 10.8 Å². The van der Waals surface area contributed by atoms with E-state index in [2.05, 4.69) is 26.2 Å². The lowest BCUT2D eigenvalue weighted by molar-refractivity contribution is 1.39. The topological polar surface area (TPSA) is 24.9 Å². The molecule has 0 bridgehead atoms. The monoisotopic (exact) mass is 288 g/mol. The van der Waals surface area contributed by atoms with Crippen LogP contribution in [0.25, 0.3) is 0 Å². The number of nitrogens with one attached hydrogen (secondary N) is 1. The van der Waals surface area contributed by atoms with Crippen molar-refractivity contribution in [1.29, 1.82) is 0 Å². The number of benzene rings is 1. The van der Waals surface area contributed by atoms with Gasteiger partial charge in [0.25, 0.3) is 0 Å². The molecule has 0 aliphatic rings. The lowest BCUT2D eigenvalue weighted by Crippen LogP contribution is -1.87. The second-order valence-electron chi connectivity index (χ2n) is 2.61. The van der Waals surface area contributed by atoms with Gasteiger partial charge >= 0.3 is 0 Å². The molecule has 2 aromatic rings. The van der Waals surface area contributed by atoms with Crippen LogP contribution in [-0.2, 0) is 0 Å². The van der Waals surface area contributed by atoms with Crippen LogP contribution in [0, 0.1) is 0 Å². The van der Waals surface area contributed by atoms with Gasteiger partial charge < -0.3 is 5.32 Å². The fourth-order valence-electron chi connectivity index (χ4n) is 0.968. The van der Waals surface area contributed by atoms with Crippen molar-refractivity contribution in [3.8, 4) is 0 Å². The van der Waals surface area contributed by atoms with Crippen LogP contribution in [0.2, 0.25) is 5.15 Å². The Morgan fingerprint density at radius 1 is 1.29 bits per heavy atom. The Bertz CT molecular complexity index is 427. The molecule has 5 heteroatoms. The Labute approximate surface area is 99.1 Å². The molecule has 2 nitrogen and oxygen atoms in total. The summed E-state index contributed by atoms with van der Waals surface area (Å²) in [6.45, 7) is 0. The highest BCUT2D eigenvalue weighted by Crippen LogP contribution is 2.23. The minimum atomic E-state index is 0.523. The summed E-state index contributed by atoms with van der Waals surface area (Å²) >= 11 is 10.6. The fourth-order valence-corrected chi connectivity index (χ4v) is 2.09. The molecule has 72 valence electrons. The zero-order valence-corrected chi connectivity index (χ0v) is 10.2. The Kier molecular flexibility index (Phi) is 3.05. The minimum absolute atomic E-state index is 0.523. The van der Waals surface area contributed by atoms with Crippen LogP contribution in [0.5, 0.6) is 0 Å². The van der Waals surface area contributed by atoms with Crippen LogP contribution in [0.3, 0.4) is 0 Å². The van der Waals surface area contributed by atoms with Gasteiger partial charge in [-0.1, -0.05) is 27.5 Å². The van der Waals surface area contributed by atoms with Gasteiger partial charge in [0.15, 0.2) is 5.13 Å². The summed E-state index contributed by atoms with van der Waals surface area (Å²) in [6, 6.07) is 7.88. The van der Waals surface area contributed by atoms with Crippen molar-refractivity contribution in [2.45, 2.75) is 0 Å². The van der Waals surface area contributed by atoms with E-state index in [9.17, 15) is 0 Å². The van der Waals surface area contributed by atoms with Crippen molar-refractivity contribution < 1.29 is 0 Å². The molecular formula is C9H6BrClN2S. The van der Waals surface area contributed by atoms with Gasteiger partial charge in [-0.05, 0) is 24.3 Å². The molecule has 0 saturated carbocycles. The molecule has 1 aromatic heterocycles. The van der Waals surface area contributed by atoms with Crippen LogP contribution in [-0.4, -0.2) is 4.98 Å². The van der Waals surface area contributed by atoms with Gasteiger partial charge in [0.1, 0.15) is 5.15 Å². The molecule has 0 unspecified atom stereocenters. The quantitative estimate of drug-likeness (QED) is 0.891. The zero-order valence-electron chi connectivity index (χ0n) is 7.00. The van der Waals surface area contributed by atoms with Crippen molar-refractivity contribution in [2.75, 3.05) is 5.32 Å². The van der Waals surface area contributed by atoms with Gasteiger partial charge in [-0.15, -0.1) is 11.3 Å². The maximum absolute atomic E-state index is 5.70. The van der Waals surface area contributed by atoms with Crippen LogP contribution >= 0.6 is 38.9 Å². The SMILES string of the molecule is Clc1csc(Nc2ccc(Br)cc2)n1. The Morgan fingerprint density at radius 3 is 2.57 bits per heavy atom. The van der Waals surface area contributed by atoms with E-state index in [-0.39, 0.29) is 0 Å². The first-order chi connectivity index (χ1) is 6.74. The van der Waals surface area contributed by atoms with Gasteiger partial charge in [-0.3, -0.25) is 0 Å². The van der Waals surface area contributed by atoms with E-state index in [1.165, 1.54) is 11.3 Å². The van der Waals surface area contributed by atoms with Gasteiger partial charge in [0.2, 0.25) is 0 Å². The predicted octanol–water partition coefficient (Wildman–Crippen LogP) is 4.30. The summed E-state index contributed by atoms with van der Waals surface area (Å²) in [5, 5.41) is 6.27. The summed E-state index contributed by atoms with van der Waals surface area (Å²) in [6.07, 6.45) is 0. The molecular weight excluding hydrogens is 284 g/mol. The molecule has 0 fully saturated rings. The second kappa shape index (κ2) is 4.29. The second-order valence-corrected chi connectivity index (χ2v) is 4.77. The molecule has 0 saturated heterocycles. The first-order valence-electron chi connectivity index (χ1n) is 3.88. The molecule has 1 heterocycles. The molecule has 0 aliphatic heterocycles. The smallest absolute Gasteiger partial charge is 0.188 e. The van der Waals surface area contributed by atoms with E-state index < -0.39 is 0 Å². The lowest BCUT2D eigenvalue weighted by Gasteiger charge is -2.01. The molecule has 1 aromatic carbocycles. The minimum Gasteiger partial charge on any atom is -0.332 e. The normalized spacial score (nSPS) is 10.1. The highest BCUT2D eigenvalue weighted by Gasteiger charge is 1.99. The summed E-state index contributed by atoms with van der Waals surface area (Å²) < 4.78 is 1.06. The average molecular weight is 290 g/mol. The number of nitrogens with zero attached hydrogens (tertiary/aromatic N) is 1. The van der Waals surface area contributed by atoms with Crippen LogP contribution in [0.1, 0.15) is 0 Å². The van der Waals surface area contributed by atoms with Gasteiger partial charge in [-0.2, -0.15) is 0 Å². The molecule has 1 N–H and O–H groups in total. The van der Waals surface area contributed by atoms with E-state index in [1.807, 2.05) is 24.3 Å². The van der Waals surface area contributed by atoms with Crippen LogP contribution < -0.4 is 5.32 Å². The molecule has 0 aliphatic carbocycles. The van der Waals surface area contributed by atoms with Crippen molar-refractivity contribution in [3.05, 3.63) is 39.3 Å². The summed E-state index contributed by atoms with van der Waals surface area (Å²) in [5.74, 6) is 0. The van der Waals surface area contributed by atoms with E-state index >= 15 is 0 Å². The molecule has 0 amide bonds. The summed E-state index contributed by atoms with van der Waals surface area (Å²) in [4.78, 5) is 4.09. The summed E-state index contributed by atoms with van der Waals surface area (Å²) in [5.41, 5.74) is 0.999. The number of hydrogen-bond donors (Lipinski definition) is 1. The van der Waals surface area contributed by atoms with Crippen molar-refractivity contribution in [1.82, 2.24) is 4.98 Å². The highest BCUT2D eigenvalue weighted by atomic mass is 79.9. The van der Waals surface area contributed by atoms with Gasteiger partial charge in [-0.25, -0.2) is 4.98 Å². The van der Waals surface area contributed by atoms with E-state index in [0.29, 0.717) is 5.15 Å².